The lowest BCUT2D eigenvalue weighted by Crippen LogP contribution is -2.52. The highest BCUT2D eigenvalue weighted by molar-refractivity contribution is 7.92. The third-order valence-electron chi connectivity index (χ3n) is 6.63. The fourth-order valence-electron chi connectivity index (χ4n) is 4.40. The molecule has 1 atom stereocenters. The van der Waals surface area contributed by atoms with Gasteiger partial charge in [0.25, 0.3) is 10.0 Å². The molecule has 0 radical (unpaired) electrons. The molecular weight excluding hydrogens is 583 g/mol. The number of hydrogen-bond acceptors (Lipinski definition) is 5. The van der Waals surface area contributed by atoms with Gasteiger partial charge in [0.15, 0.2) is 0 Å². The molecule has 0 spiro atoms. The van der Waals surface area contributed by atoms with Crippen LogP contribution in [0.4, 0.5) is 18.9 Å². The van der Waals surface area contributed by atoms with Gasteiger partial charge in [0, 0.05) is 13.1 Å². The van der Waals surface area contributed by atoms with Crippen LogP contribution in [0.2, 0.25) is 0 Å². The molecule has 0 fully saturated rings. The monoisotopic (exact) mass is 619 g/mol. The van der Waals surface area contributed by atoms with Gasteiger partial charge in [-0.2, -0.15) is 13.2 Å². The lowest BCUT2D eigenvalue weighted by Gasteiger charge is -2.33. The first kappa shape index (κ1) is 33.4. The molecule has 2 amide bonds. The van der Waals surface area contributed by atoms with Gasteiger partial charge in [0.05, 0.1) is 23.3 Å². The number of nitrogens with one attached hydrogen (secondary N) is 1. The minimum Gasteiger partial charge on any atom is -0.497 e. The number of halogens is 3. The van der Waals surface area contributed by atoms with Gasteiger partial charge in [-0.25, -0.2) is 8.42 Å². The smallest absolute Gasteiger partial charge is 0.416 e. The van der Waals surface area contributed by atoms with Gasteiger partial charge >= 0.3 is 6.18 Å². The van der Waals surface area contributed by atoms with E-state index in [1.807, 2.05) is 13.8 Å². The average Bonchev–Trinajstić information content (AvgIpc) is 2.98. The van der Waals surface area contributed by atoms with Crippen molar-refractivity contribution < 1.29 is 35.9 Å². The van der Waals surface area contributed by atoms with Crippen LogP contribution in [0, 0.1) is 5.92 Å². The minimum atomic E-state index is -4.75. The molecule has 3 aromatic rings. The van der Waals surface area contributed by atoms with Gasteiger partial charge in [0.2, 0.25) is 11.8 Å². The lowest BCUT2D eigenvalue weighted by atomic mass is 10.1. The number of carbonyl (C=O) groups excluding carboxylic acids is 2. The number of carbonyl (C=O) groups is 2. The Morgan fingerprint density at radius 1 is 0.953 bits per heavy atom. The molecule has 0 saturated heterocycles. The van der Waals surface area contributed by atoms with E-state index in [1.54, 1.807) is 37.3 Å². The third-order valence-corrected chi connectivity index (χ3v) is 8.42. The van der Waals surface area contributed by atoms with Crippen LogP contribution in [0.3, 0.4) is 0 Å². The topological polar surface area (TPSA) is 96.0 Å². The van der Waals surface area contributed by atoms with E-state index < -0.39 is 46.2 Å². The van der Waals surface area contributed by atoms with Gasteiger partial charge in [-0.05, 0) is 60.4 Å². The number of ether oxygens (including phenoxy) is 1. The Morgan fingerprint density at radius 3 is 2.23 bits per heavy atom. The molecule has 3 aromatic carbocycles. The Labute approximate surface area is 250 Å². The number of hydrogen-bond donors (Lipinski definition) is 1. The molecule has 8 nitrogen and oxygen atoms in total. The van der Waals surface area contributed by atoms with E-state index in [9.17, 15) is 31.2 Å². The summed E-state index contributed by atoms with van der Waals surface area (Å²) in [5.41, 5.74) is -0.802. The van der Waals surface area contributed by atoms with Crippen LogP contribution >= 0.6 is 0 Å². The number of nitrogens with zero attached hydrogens (tertiary/aromatic N) is 2. The van der Waals surface area contributed by atoms with Crippen LogP contribution in [0.5, 0.6) is 5.75 Å². The second kappa shape index (κ2) is 14.4. The van der Waals surface area contributed by atoms with Crippen LogP contribution in [-0.4, -0.2) is 51.4 Å². The van der Waals surface area contributed by atoms with Crippen LogP contribution < -0.4 is 14.4 Å². The normalized spacial score (nSPS) is 12.5. The van der Waals surface area contributed by atoms with Gasteiger partial charge in [0.1, 0.15) is 18.3 Å². The summed E-state index contributed by atoms with van der Waals surface area (Å²) in [7, 11) is -3.02. The molecule has 0 aromatic heterocycles. The van der Waals surface area contributed by atoms with Gasteiger partial charge in [-0.3, -0.25) is 13.9 Å². The molecule has 0 aliphatic rings. The predicted molar refractivity (Wildman–Crippen MR) is 158 cm³/mol. The van der Waals surface area contributed by atoms with Crippen molar-refractivity contribution in [1.29, 1.82) is 0 Å². The first-order valence-electron chi connectivity index (χ1n) is 13.7. The van der Waals surface area contributed by atoms with E-state index in [2.05, 4.69) is 5.32 Å². The number of sulfonamides is 1. The molecule has 0 bridgehead atoms. The van der Waals surface area contributed by atoms with Gasteiger partial charge < -0.3 is 15.0 Å². The summed E-state index contributed by atoms with van der Waals surface area (Å²) in [6.45, 7) is 4.98. The number of anilines is 1. The minimum absolute atomic E-state index is 0.0779. The summed E-state index contributed by atoms with van der Waals surface area (Å²) < 4.78 is 74.4. The quantitative estimate of drug-likeness (QED) is 0.273. The van der Waals surface area contributed by atoms with E-state index in [0.717, 1.165) is 12.1 Å². The fraction of sp³-hybridized carbons (Fsp3) is 0.355. The zero-order valence-electron chi connectivity index (χ0n) is 24.5. The molecular formula is C31H36F3N3O5S. The van der Waals surface area contributed by atoms with E-state index >= 15 is 0 Å². The summed E-state index contributed by atoms with van der Waals surface area (Å²) in [5.74, 6) is -0.550. The maximum Gasteiger partial charge on any atom is 0.416 e. The zero-order chi connectivity index (χ0) is 31.8. The summed E-state index contributed by atoms with van der Waals surface area (Å²) in [5, 5.41) is 2.83. The highest BCUT2D eigenvalue weighted by atomic mass is 32.2. The molecule has 0 heterocycles. The van der Waals surface area contributed by atoms with Crippen molar-refractivity contribution in [3.63, 3.8) is 0 Å². The zero-order valence-corrected chi connectivity index (χ0v) is 25.3. The van der Waals surface area contributed by atoms with Crippen molar-refractivity contribution in [2.75, 3.05) is 24.5 Å². The van der Waals surface area contributed by atoms with E-state index in [-0.39, 0.29) is 29.5 Å². The van der Waals surface area contributed by atoms with Crippen LogP contribution in [0.15, 0.2) is 83.8 Å². The molecule has 1 unspecified atom stereocenters. The summed E-state index contributed by atoms with van der Waals surface area (Å²) in [6, 6.07) is 16.8. The van der Waals surface area contributed by atoms with E-state index in [4.69, 9.17) is 4.74 Å². The Hall–Kier alpha value is -4.06. The van der Waals surface area contributed by atoms with Crippen molar-refractivity contribution in [2.45, 2.75) is 50.9 Å². The first-order valence-corrected chi connectivity index (χ1v) is 15.2. The van der Waals surface area contributed by atoms with E-state index in [0.29, 0.717) is 28.2 Å². The van der Waals surface area contributed by atoms with Crippen LogP contribution in [-0.2, 0) is 32.3 Å². The number of rotatable bonds is 13. The van der Waals surface area contributed by atoms with E-state index in [1.165, 1.54) is 42.3 Å². The van der Waals surface area contributed by atoms with Gasteiger partial charge in [-0.1, -0.05) is 57.2 Å². The number of methoxy groups -OCH3 is 1. The maximum absolute atomic E-state index is 14.1. The largest absolute Gasteiger partial charge is 0.497 e. The molecule has 43 heavy (non-hydrogen) atoms. The van der Waals surface area contributed by atoms with Crippen LogP contribution in [0.25, 0.3) is 0 Å². The standard InChI is InChI=1S/C31H36F3N3O5S/c1-5-28(30(39)35-19-22(2)3)36(20-23-11-9-14-26(17-23)42-4)29(38)21-37(43(40,41)27-15-7-6-8-16-27)25-13-10-12-24(18-25)31(32,33)34/h6-18,22,28H,5,19-21H2,1-4H3,(H,35,39). The molecule has 232 valence electrons. The number of amides is 2. The number of alkyl halides is 3. The Kier molecular flexibility index (Phi) is 11.2. The first-order chi connectivity index (χ1) is 20.3. The average molecular weight is 620 g/mol. The predicted octanol–water partition coefficient (Wildman–Crippen LogP) is 5.49. The van der Waals surface area contributed by atoms with Crippen molar-refractivity contribution in [3.05, 3.63) is 90.0 Å². The SMILES string of the molecule is CCC(C(=O)NCC(C)C)N(Cc1cccc(OC)c1)C(=O)CN(c1cccc(C(F)(F)F)c1)S(=O)(=O)c1ccccc1. The molecule has 0 saturated carbocycles. The molecule has 3 rings (SSSR count). The molecule has 0 aliphatic heterocycles. The Bertz CT molecular complexity index is 1500. The Balaban J connectivity index is 2.10. The van der Waals surface area contributed by atoms with Crippen molar-refractivity contribution in [3.8, 4) is 5.75 Å². The fourth-order valence-corrected chi connectivity index (χ4v) is 5.82. The Morgan fingerprint density at radius 2 is 1.63 bits per heavy atom. The summed E-state index contributed by atoms with van der Waals surface area (Å²) in [6.07, 6.45) is -4.54. The molecule has 12 heteroatoms. The molecule has 0 aliphatic carbocycles. The van der Waals surface area contributed by atoms with Crippen molar-refractivity contribution >= 4 is 27.5 Å². The summed E-state index contributed by atoms with van der Waals surface area (Å²) >= 11 is 0. The maximum atomic E-state index is 14.1. The van der Waals surface area contributed by atoms with Crippen LogP contribution in [0.1, 0.15) is 38.3 Å². The second-order valence-electron chi connectivity index (χ2n) is 10.3. The second-order valence-corrected chi connectivity index (χ2v) is 12.2. The molecule has 1 N–H and O–H groups in total. The van der Waals surface area contributed by atoms with Crippen molar-refractivity contribution in [2.24, 2.45) is 5.92 Å². The van der Waals surface area contributed by atoms with Gasteiger partial charge in [-0.15, -0.1) is 0 Å². The highest BCUT2D eigenvalue weighted by Crippen LogP contribution is 2.33. The highest BCUT2D eigenvalue weighted by Gasteiger charge is 2.36. The summed E-state index contributed by atoms with van der Waals surface area (Å²) in [4.78, 5) is 28.4. The lowest BCUT2D eigenvalue weighted by molar-refractivity contribution is -0.140. The third kappa shape index (κ3) is 8.73. The number of benzene rings is 3. The van der Waals surface area contributed by atoms with Crippen molar-refractivity contribution in [1.82, 2.24) is 10.2 Å².